The zero-order valence-corrected chi connectivity index (χ0v) is 27.8. The van der Waals surface area contributed by atoms with Gasteiger partial charge in [-0.1, -0.05) is 0 Å². The summed E-state index contributed by atoms with van der Waals surface area (Å²) in [6, 6.07) is 10.0. The zero-order valence-electron chi connectivity index (χ0n) is 36.8. The Morgan fingerprint density at radius 3 is 1.19 bits per heavy atom. The van der Waals surface area contributed by atoms with Gasteiger partial charge in [-0.15, -0.1) is 0 Å². The first-order valence-corrected chi connectivity index (χ1v) is 13.8. The van der Waals surface area contributed by atoms with Crippen LogP contribution in [0.15, 0.2) is 96.8 Å². The van der Waals surface area contributed by atoms with E-state index >= 15 is 0 Å². The normalized spacial score (nSPS) is 11.8. The summed E-state index contributed by atoms with van der Waals surface area (Å²) in [5.41, 5.74) is 1.00. The van der Waals surface area contributed by atoms with Crippen LogP contribution in [0.25, 0.3) is 0 Å². The molecule has 0 saturated heterocycles. The number of rotatable bonds is 8. The van der Waals surface area contributed by atoms with Gasteiger partial charge < -0.3 is 40.2 Å². The van der Waals surface area contributed by atoms with Crippen LogP contribution in [0.1, 0.15) is 40.0 Å². The van der Waals surface area contributed by atoms with Crippen molar-refractivity contribution in [2.45, 2.75) is 27.7 Å². The van der Waals surface area contributed by atoms with Gasteiger partial charge in [0.1, 0.15) is 23.0 Å². The molecule has 48 heavy (non-hydrogen) atoms. The lowest BCUT2D eigenvalue weighted by Crippen LogP contribution is -2.05. The molecule has 4 aromatic carbocycles. The number of hydrogen-bond acceptors (Lipinski definition) is 8. The van der Waals surface area contributed by atoms with Crippen LogP contribution in [0.5, 0.6) is 23.0 Å². The van der Waals surface area contributed by atoms with Crippen LogP contribution >= 0.6 is 0 Å². The molecule has 0 unspecified atom stereocenters. The highest BCUT2D eigenvalue weighted by Gasteiger charge is 1.97. The molecule has 0 radical (unpaired) electrons. The first-order chi connectivity index (χ1) is 26.6. The van der Waals surface area contributed by atoms with Gasteiger partial charge in [-0.25, -0.2) is 0 Å². The molecule has 0 heterocycles. The summed E-state index contributed by atoms with van der Waals surface area (Å²) in [5, 5.41) is 9.73. The van der Waals surface area contributed by atoms with Gasteiger partial charge >= 0.3 is 0 Å². The highest BCUT2D eigenvalue weighted by Crippen LogP contribution is 2.17. The lowest BCUT2D eigenvalue weighted by atomic mass is 10.3. The van der Waals surface area contributed by atoms with Crippen molar-refractivity contribution in [3.05, 3.63) is 96.8 Å². The van der Waals surface area contributed by atoms with E-state index in [9.17, 15) is 19.2 Å². The van der Waals surface area contributed by atoms with E-state index in [2.05, 4.69) is 21.3 Å². The summed E-state index contributed by atoms with van der Waals surface area (Å²) in [6.45, 7) is 5.35. The SMILES string of the molecule is [2H]c1c(NC(C)=O)ccc(OC)c1[2H].[2H]c1cc(NC(C)=O)cc([2H])c1OC.[2H]c1cc(OC)c([2H])c([2H])c1NC(C)=O.[2H]c1cc(OC)cc([2H])c1NC(C)=O. The predicted molar refractivity (Wildman–Crippen MR) is 189 cm³/mol. The van der Waals surface area contributed by atoms with Crippen LogP contribution in [0.3, 0.4) is 0 Å². The topological polar surface area (TPSA) is 153 Å². The van der Waals surface area contributed by atoms with E-state index < -0.39 is 0 Å². The number of carbonyl (C=O) groups is 4. The molecule has 12 nitrogen and oxygen atoms in total. The lowest BCUT2D eigenvalue weighted by Gasteiger charge is -2.02. The van der Waals surface area contributed by atoms with Gasteiger partial charge in [-0.3, -0.25) is 19.2 Å². The second-order valence-electron chi connectivity index (χ2n) is 8.90. The average molecular weight is 670 g/mol. The molecule has 0 aromatic heterocycles. The highest BCUT2D eigenvalue weighted by molar-refractivity contribution is 5.90. The number of methoxy groups -OCH3 is 4. The molecule has 0 bridgehead atoms. The number of carbonyl (C=O) groups excluding carboxylic acids is 4. The van der Waals surface area contributed by atoms with Crippen molar-refractivity contribution < 1.29 is 50.5 Å². The fourth-order valence-corrected chi connectivity index (χ4v) is 2.94. The van der Waals surface area contributed by atoms with E-state index in [1.807, 2.05) is 0 Å². The number of anilines is 4. The molecule has 0 aliphatic heterocycles. The van der Waals surface area contributed by atoms with E-state index in [1.54, 1.807) is 12.1 Å². The van der Waals surface area contributed by atoms with Gasteiger partial charge in [0, 0.05) is 50.4 Å². The Balaban J connectivity index is 0.000000380. The van der Waals surface area contributed by atoms with Crippen molar-refractivity contribution in [3.8, 4) is 23.0 Å². The highest BCUT2D eigenvalue weighted by atomic mass is 16.5. The van der Waals surface area contributed by atoms with Gasteiger partial charge in [0.2, 0.25) is 23.6 Å². The quantitative estimate of drug-likeness (QED) is 0.163. The maximum atomic E-state index is 10.8. The molecule has 4 amide bonds. The molecule has 0 saturated carbocycles. The van der Waals surface area contributed by atoms with E-state index in [1.165, 1.54) is 86.5 Å². The summed E-state index contributed by atoms with van der Waals surface area (Å²) in [6.07, 6.45) is 0. The predicted octanol–water partition coefficient (Wildman–Crippen LogP) is 6.61. The smallest absolute Gasteiger partial charge is 0.221 e. The van der Waals surface area contributed by atoms with Crippen LogP contribution in [0, 0.1) is 0 Å². The first kappa shape index (κ1) is 27.1. The standard InChI is InChI=1S/4C9H11NO2/c4*1-7(11)10-8-3-5-9(12-2)6-4-8/h4*3-6H,1-2H3,(H,10,11)/i3D,4D,5D;5D,6D;3D,5D;3D,4D. The number of hydrogen-bond donors (Lipinski definition) is 4. The summed E-state index contributed by atoms with van der Waals surface area (Å²) < 4.78 is 87.2. The van der Waals surface area contributed by atoms with Crippen molar-refractivity contribution in [2.75, 3.05) is 49.7 Å². The summed E-state index contributed by atoms with van der Waals surface area (Å²) in [7, 11) is 5.67. The molecule has 4 N–H and O–H groups in total. The molecule has 4 rings (SSSR count). The van der Waals surface area contributed by atoms with E-state index in [0.29, 0.717) is 22.9 Å². The fraction of sp³-hybridized carbons (Fsp3) is 0.222. The third kappa shape index (κ3) is 18.1. The fourth-order valence-electron chi connectivity index (χ4n) is 2.94. The van der Waals surface area contributed by atoms with Crippen LogP contribution in [0.4, 0.5) is 22.7 Å². The molecule has 12 heteroatoms. The monoisotopic (exact) mass is 669 g/mol. The Bertz CT molecular complexity index is 2040. The molecule has 0 spiro atoms. The van der Waals surface area contributed by atoms with Gasteiger partial charge in [0.25, 0.3) is 0 Å². The van der Waals surface area contributed by atoms with Crippen LogP contribution in [0.2, 0.25) is 0 Å². The molecule has 0 aliphatic carbocycles. The number of ether oxygens (including phenoxy) is 4. The Morgan fingerprint density at radius 1 is 0.396 bits per heavy atom. The van der Waals surface area contributed by atoms with Crippen molar-refractivity contribution >= 4 is 46.4 Å². The molecular weight excluding hydrogens is 616 g/mol. The van der Waals surface area contributed by atoms with Crippen molar-refractivity contribution in [1.29, 1.82) is 0 Å². The molecule has 0 atom stereocenters. The Morgan fingerprint density at radius 2 is 0.750 bits per heavy atom. The second-order valence-corrected chi connectivity index (χ2v) is 8.90. The second kappa shape index (κ2) is 22.5. The average Bonchev–Trinajstić information content (AvgIpc) is 3.12. The van der Waals surface area contributed by atoms with Crippen LogP contribution in [-0.2, 0) is 19.2 Å². The number of nitrogens with one attached hydrogen (secondary N) is 4. The zero-order chi connectivity index (χ0) is 43.7. The first-order valence-electron chi connectivity index (χ1n) is 18.3. The van der Waals surface area contributed by atoms with Crippen molar-refractivity contribution in [3.63, 3.8) is 0 Å². The van der Waals surface area contributed by atoms with Gasteiger partial charge in [0.15, 0.2) is 0 Å². The largest absolute Gasteiger partial charge is 0.497 e. The van der Waals surface area contributed by atoms with Crippen LogP contribution < -0.4 is 40.2 Å². The van der Waals surface area contributed by atoms with Gasteiger partial charge in [-0.2, -0.15) is 0 Å². The van der Waals surface area contributed by atoms with Gasteiger partial charge in [-0.05, 0) is 96.8 Å². The Labute approximate surface area is 294 Å². The Kier molecular flexibility index (Phi) is 12.7. The summed E-state index contributed by atoms with van der Waals surface area (Å²) in [5.74, 6) is -0.0350. The third-order valence-corrected chi connectivity index (χ3v) is 4.93. The molecule has 256 valence electrons. The minimum Gasteiger partial charge on any atom is -0.497 e. The lowest BCUT2D eigenvalue weighted by molar-refractivity contribution is -0.115. The number of benzene rings is 4. The Hall–Kier alpha value is -6.04. The minimum atomic E-state index is -0.374. The maximum absolute atomic E-state index is 10.8. The van der Waals surface area contributed by atoms with E-state index in [4.69, 9.17) is 31.3 Å². The molecular formula is C36H44N4O8. The minimum absolute atomic E-state index is 0.0289. The molecule has 4 aromatic rings. The maximum Gasteiger partial charge on any atom is 0.221 e. The van der Waals surface area contributed by atoms with Crippen molar-refractivity contribution in [1.82, 2.24) is 0 Å². The number of amides is 4. The van der Waals surface area contributed by atoms with Crippen LogP contribution in [-0.4, -0.2) is 52.1 Å². The van der Waals surface area contributed by atoms with E-state index in [-0.39, 0.29) is 101 Å². The molecule has 0 fully saturated rings. The van der Waals surface area contributed by atoms with Crippen molar-refractivity contribution in [2.24, 2.45) is 0 Å². The summed E-state index contributed by atoms with van der Waals surface area (Å²) in [4.78, 5) is 43.0. The third-order valence-electron chi connectivity index (χ3n) is 4.93. The van der Waals surface area contributed by atoms with Gasteiger partial charge in [0.05, 0.1) is 40.8 Å². The summed E-state index contributed by atoms with van der Waals surface area (Å²) >= 11 is 0. The van der Waals surface area contributed by atoms with E-state index in [0.717, 1.165) is 0 Å². The molecule has 0 aliphatic rings.